The maximum atomic E-state index is 12.2. The third kappa shape index (κ3) is 4.28. The summed E-state index contributed by atoms with van der Waals surface area (Å²) in [5, 5.41) is 3.70. The number of amides is 2. The average molecular weight is 391 g/mol. The van der Waals surface area contributed by atoms with E-state index in [-0.39, 0.29) is 11.8 Å². The van der Waals surface area contributed by atoms with Crippen LogP contribution in [-0.4, -0.2) is 23.3 Å². The number of fused-ring (bicyclic) bond motifs is 1. The van der Waals surface area contributed by atoms with Crippen LogP contribution in [0, 0.1) is 0 Å². The molecule has 1 fully saturated rings. The Balaban J connectivity index is 1.36. The molecule has 0 unspecified atom stereocenters. The summed E-state index contributed by atoms with van der Waals surface area (Å²) < 4.78 is 1.10. The monoisotopic (exact) mass is 391 g/mol. The summed E-state index contributed by atoms with van der Waals surface area (Å²) in [4.78, 5) is 30.6. The van der Waals surface area contributed by atoms with Crippen LogP contribution in [0.4, 0.5) is 5.69 Å². The zero-order valence-corrected chi connectivity index (χ0v) is 16.2. The van der Waals surface area contributed by atoms with Gasteiger partial charge >= 0.3 is 0 Å². The third-order valence-electron chi connectivity index (χ3n) is 4.70. The minimum atomic E-state index is -0.168. The van der Waals surface area contributed by atoms with Gasteiger partial charge in [0.25, 0.3) is 0 Å². The highest BCUT2D eigenvalue weighted by Crippen LogP contribution is 2.23. The van der Waals surface area contributed by atoms with Gasteiger partial charge in [0.2, 0.25) is 11.8 Å². The SMILES string of the molecule is O=C(/C=C/c1nc2ccccc2s1)NCc1cccc(N2CCCCC2=O)c1. The summed E-state index contributed by atoms with van der Waals surface area (Å²) in [5.74, 6) is 0.00455. The van der Waals surface area contributed by atoms with Crippen molar-refractivity contribution < 1.29 is 9.59 Å². The van der Waals surface area contributed by atoms with Crippen molar-refractivity contribution in [2.45, 2.75) is 25.8 Å². The van der Waals surface area contributed by atoms with Gasteiger partial charge in [0.05, 0.1) is 10.2 Å². The topological polar surface area (TPSA) is 62.3 Å². The number of benzene rings is 2. The lowest BCUT2D eigenvalue weighted by Crippen LogP contribution is -2.35. The second kappa shape index (κ2) is 8.35. The van der Waals surface area contributed by atoms with Crippen molar-refractivity contribution in [2.75, 3.05) is 11.4 Å². The van der Waals surface area contributed by atoms with Gasteiger partial charge in [-0.1, -0.05) is 24.3 Å². The second-order valence-corrected chi connectivity index (χ2v) is 7.81. The first kappa shape index (κ1) is 18.4. The second-order valence-electron chi connectivity index (χ2n) is 6.74. The van der Waals surface area contributed by atoms with Crippen molar-refractivity contribution in [3.8, 4) is 0 Å². The molecule has 1 aliphatic rings. The van der Waals surface area contributed by atoms with E-state index >= 15 is 0 Å². The van der Waals surface area contributed by atoms with Crippen LogP contribution in [0.5, 0.6) is 0 Å². The quantitative estimate of drug-likeness (QED) is 0.665. The molecular formula is C22H21N3O2S. The van der Waals surface area contributed by atoms with Crippen LogP contribution in [0.3, 0.4) is 0 Å². The lowest BCUT2D eigenvalue weighted by Gasteiger charge is -2.27. The Bertz CT molecular complexity index is 1010. The van der Waals surface area contributed by atoms with Gasteiger partial charge in [-0.15, -0.1) is 11.3 Å². The van der Waals surface area contributed by atoms with E-state index in [1.54, 1.807) is 17.4 Å². The van der Waals surface area contributed by atoms with Crippen molar-refractivity contribution >= 4 is 45.1 Å². The number of nitrogens with one attached hydrogen (secondary N) is 1. The van der Waals surface area contributed by atoms with Crippen LogP contribution in [-0.2, 0) is 16.1 Å². The van der Waals surface area contributed by atoms with E-state index in [1.807, 2.05) is 53.4 Å². The zero-order chi connectivity index (χ0) is 19.3. The van der Waals surface area contributed by atoms with E-state index in [0.29, 0.717) is 13.0 Å². The van der Waals surface area contributed by atoms with Crippen LogP contribution < -0.4 is 10.2 Å². The highest BCUT2D eigenvalue weighted by molar-refractivity contribution is 7.19. The molecule has 2 heterocycles. The fourth-order valence-electron chi connectivity index (χ4n) is 3.27. The number of carbonyl (C=O) groups excluding carboxylic acids is 2. The Morgan fingerprint density at radius 2 is 2.07 bits per heavy atom. The molecule has 2 aromatic carbocycles. The van der Waals surface area contributed by atoms with E-state index in [9.17, 15) is 9.59 Å². The third-order valence-corrected chi connectivity index (χ3v) is 5.70. The van der Waals surface area contributed by atoms with E-state index in [4.69, 9.17) is 0 Å². The standard InChI is InChI=1S/C22H21N3O2S/c26-20(11-12-21-24-18-8-1-2-9-19(18)28-21)23-15-16-6-5-7-17(14-16)25-13-4-3-10-22(25)27/h1-2,5-9,11-12,14H,3-4,10,13,15H2,(H,23,26)/b12-11+. The van der Waals surface area contributed by atoms with Gasteiger partial charge in [-0.25, -0.2) is 4.98 Å². The minimum Gasteiger partial charge on any atom is -0.348 e. The van der Waals surface area contributed by atoms with E-state index in [0.717, 1.165) is 45.9 Å². The lowest BCUT2D eigenvalue weighted by atomic mass is 10.1. The largest absolute Gasteiger partial charge is 0.348 e. The van der Waals surface area contributed by atoms with Gasteiger partial charge in [-0.05, 0) is 48.7 Å². The molecular weight excluding hydrogens is 370 g/mol. The van der Waals surface area contributed by atoms with Gasteiger partial charge < -0.3 is 10.2 Å². The number of thiazole rings is 1. The smallest absolute Gasteiger partial charge is 0.244 e. The highest BCUT2D eigenvalue weighted by Gasteiger charge is 2.19. The fourth-order valence-corrected chi connectivity index (χ4v) is 4.14. The molecule has 1 aliphatic heterocycles. The molecule has 0 radical (unpaired) electrons. The highest BCUT2D eigenvalue weighted by atomic mass is 32.1. The average Bonchev–Trinajstić information content (AvgIpc) is 3.14. The molecule has 2 amide bonds. The number of aromatic nitrogens is 1. The Hall–Kier alpha value is -2.99. The maximum Gasteiger partial charge on any atom is 0.244 e. The summed E-state index contributed by atoms with van der Waals surface area (Å²) >= 11 is 1.56. The summed E-state index contributed by atoms with van der Waals surface area (Å²) in [6.07, 6.45) is 5.85. The van der Waals surface area contributed by atoms with Crippen molar-refractivity contribution in [2.24, 2.45) is 0 Å². The van der Waals surface area contributed by atoms with Gasteiger partial charge in [0, 0.05) is 31.3 Å². The first-order valence-corrected chi connectivity index (χ1v) is 10.2. The van der Waals surface area contributed by atoms with Gasteiger partial charge in [-0.3, -0.25) is 9.59 Å². The molecule has 4 rings (SSSR count). The predicted octanol–water partition coefficient (Wildman–Crippen LogP) is 4.14. The molecule has 0 spiro atoms. The van der Waals surface area contributed by atoms with Gasteiger partial charge in [-0.2, -0.15) is 0 Å². The normalized spacial score (nSPS) is 14.7. The zero-order valence-electron chi connectivity index (χ0n) is 15.4. The molecule has 0 aliphatic carbocycles. The number of nitrogens with zero attached hydrogens (tertiary/aromatic N) is 2. The Labute approximate surface area is 167 Å². The molecule has 1 saturated heterocycles. The summed E-state index contributed by atoms with van der Waals surface area (Å²) in [5.41, 5.74) is 2.82. The van der Waals surface area contributed by atoms with Crippen LogP contribution >= 0.6 is 11.3 Å². The van der Waals surface area contributed by atoms with Crippen LogP contribution in [0.1, 0.15) is 29.8 Å². The van der Waals surface area contributed by atoms with E-state index < -0.39 is 0 Å². The number of rotatable bonds is 5. The van der Waals surface area contributed by atoms with E-state index in [2.05, 4.69) is 10.3 Å². The van der Waals surface area contributed by atoms with Gasteiger partial charge in [0.1, 0.15) is 5.01 Å². The van der Waals surface area contributed by atoms with Crippen LogP contribution in [0.25, 0.3) is 16.3 Å². The Kier molecular flexibility index (Phi) is 5.48. The number of anilines is 1. The molecule has 3 aromatic rings. The Morgan fingerprint density at radius 1 is 1.18 bits per heavy atom. The molecule has 142 valence electrons. The van der Waals surface area contributed by atoms with Crippen molar-refractivity contribution in [3.63, 3.8) is 0 Å². The molecule has 0 bridgehead atoms. The Morgan fingerprint density at radius 3 is 2.93 bits per heavy atom. The molecule has 28 heavy (non-hydrogen) atoms. The lowest BCUT2D eigenvalue weighted by molar-refractivity contribution is -0.119. The number of piperidine rings is 1. The number of hydrogen-bond donors (Lipinski definition) is 1. The van der Waals surface area contributed by atoms with Crippen LogP contribution in [0.15, 0.2) is 54.6 Å². The minimum absolute atomic E-state index is 0.168. The molecule has 5 nitrogen and oxygen atoms in total. The fraction of sp³-hybridized carbons (Fsp3) is 0.227. The molecule has 1 aromatic heterocycles. The summed E-state index contributed by atoms with van der Waals surface area (Å²) in [6, 6.07) is 15.7. The first-order chi connectivity index (χ1) is 13.7. The van der Waals surface area contributed by atoms with E-state index in [1.165, 1.54) is 6.08 Å². The number of para-hydroxylation sites is 1. The number of hydrogen-bond acceptors (Lipinski definition) is 4. The maximum absolute atomic E-state index is 12.2. The van der Waals surface area contributed by atoms with Crippen molar-refractivity contribution in [1.29, 1.82) is 0 Å². The predicted molar refractivity (Wildman–Crippen MR) is 113 cm³/mol. The van der Waals surface area contributed by atoms with Crippen molar-refractivity contribution in [3.05, 3.63) is 65.2 Å². The molecule has 0 atom stereocenters. The molecule has 0 saturated carbocycles. The molecule has 6 heteroatoms. The molecule has 1 N–H and O–H groups in total. The number of carbonyl (C=O) groups is 2. The summed E-state index contributed by atoms with van der Waals surface area (Å²) in [7, 11) is 0. The van der Waals surface area contributed by atoms with Crippen molar-refractivity contribution in [1.82, 2.24) is 10.3 Å². The summed E-state index contributed by atoms with van der Waals surface area (Å²) in [6.45, 7) is 1.18. The van der Waals surface area contributed by atoms with Gasteiger partial charge in [0.15, 0.2) is 0 Å². The van der Waals surface area contributed by atoms with Crippen LogP contribution in [0.2, 0.25) is 0 Å². The first-order valence-electron chi connectivity index (χ1n) is 9.40.